The fourth-order valence-electron chi connectivity index (χ4n) is 2.37. The quantitative estimate of drug-likeness (QED) is 0.852. The molecule has 3 N–H and O–H groups in total. The Balaban J connectivity index is 1.71. The minimum absolute atomic E-state index is 0.618. The van der Waals surface area contributed by atoms with Gasteiger partial charge in [-0.15, -0.1) is 0 Å². The molecule has 1 aliphatic rings. The average molecular weight is 304 g/mol. The molecule has 3 rings (SSSR count). The van der Waals surface area contributed by atoms with Crippen molar-refractivity contribution in [2.24, 2.45) is 0 Å². The first-order chi connectivity index (χ1) is 10.2. The fourth-order valence-corrected chi connectivity index (χ4v) is 2.60. The Morgan fingerprint density at radius 1 is 1.05 bits per heavy atom. The smallest absolute Gasteiger partial charge is 0.0661 e. The molecule has 1 fully saturated rings. The average Bonchev–Trinajstić information content (AvgIpc) is 2.52. The number of hydrogen-bond acceptors (Lipinski definition) is 4. The highest BCUT2D eigenvalue weighted by atomic mass is 35.5. The molecule has 1 saturated heterocycles. The second kappa shape index (κ2) is 6.24. The third-order valence-electron chi connectivity index (χ3n) is 3.52. The van der Waals surface area contributed by atoms with E-state index in [9.17, 15) is 0 Å². The van der Waals surface area contributed by atoms with E-state index in [1.54, 1.807) is 6.07 Å². The maximum Gasteiger partial charge on any atom is 0.0661 e. The van der Waals surface area contributed by atoms with Crippen LogP contribution in [0.2, 0.25) is 5.02 Å². The van der Waals surface area contributed by atoms with Gasteiger partial charge in [0, 0.05) is 30.2 Å². The lowest BCUT2D eigenvalue weighted by molar-refractivity contribution is 0.122. The van der Waals surface area contributed by atoms with Gasteiger partial charge in [0.1, 0.15) is 0 Å². The van der Waals surface area contributed by atoms with Gasteiger partial charge in [-0.1, -0.05) is 11.6 Å². The number of ether oxygens (including phenoxy) is 1. The molecular weight excluding hydrogens is 286 g/mol. The molecule has 21 heavy (non-hydrogen) atoms. The van der Waals surface area contributed by atoms with Crippen LogP contribution in [-0.2, 0) is 4.74 Å². The van der Waals surface area contributed by atoms with Crippen molar-refractivity contribution in [3.8, 4) is 0 Å². The predicted molar refractivity (Wildman–Crippen MR) is 88.6 cm³/mol. The van der Waals surface area contributed by atoms with Gasteiger partial charge in [0.05, 0.1) is 23.9 Å². The molecule has 110 valence electrons. The lowest BCUT2D eigenvalue weighted by atomic mass is 10.2. The van der Waals surface area contributed by atoms with E-state index in [2.05, 4.69) is 34.5 Å². The van der Waals surface area contributed by atoms with Crippen LogP contribution in [0.3, 0.4) is 0 Å². The van der Waals surface area contributed by atoms with Crippen LogP contribution in [0.15, 0.2) is 42.5 Å². The van der Waals surface area contributed by atoms with E-state index in [0.29, 0.717) is 10.7 Å². The first-order valence-electron chi connectivity index (χ1n) is 6.97. The van der Waals surface area contributed by atoms with Gasteiger partial charge in [-0.25, -0.2) is 0 Å². The molecule has 1 heterocycles. The molecule has 0 amide bonds. The number of rotatable bonds is 3. The predicted octanol–water partition coefficient (Wildman–Crippen LogP) is 3.50. The lowest BCUT2D eigenvalue weighted by Crippen LogP contribution is -2.36. The van der Waals surface area contributed by atoms with E-state index in [4.69, 9.17) is 22.1 Å². The highest BCUT2D eigenvalue weighted by molar-refractivity contribution is 6.33. The number of halogens is 1. The van der Waals surface area contributed by atoms with E-state index < -0.39 is 0 Å². The molecule has 5 heteroatoms. The molecule has 0 spiro atoms. The molecule has 4 nitrogen and oxygen atoms in total. The molecule has 1 aliphatic heterocycles. The van der Waals surface area contributed by atoms with Crippen LogP contribution in [0.1, 0.15) is 0 Å². The van der Waals surface area contributed by atoms with Crippen molar-refractivity contribution in [2.75, 3.05) is 42.3 Å². The summed E-state index contributed by atoms with van der Waals surface area (Å²) in [6.45, 7) is 3.47. The molecule has 0 aliphatic carbocycles. The summed E-state index contributed by atoms with van der Waals surface area (Å²) in [6.07, 6.45) is 0. The Morgan fingerprint density at radius 2 is 1.76 bits per heavy atom. The standard InChI is InChI=1S/C16H18ClN3O/c17-15-11-12(18)1-6-16(15)19-13-2-4-14(5-3-13)20-7-9-21-10-8-20/h1-6,11,19H,7-10,18H2. The van der Waals surface area contributed by atoms with Gasteiger partial charge >= 0.3 is 0 Å². The Kier molecular flexibility index (Phi) is 4.18. The van der Waals surface area contributed by atoms with Crippen LogP contribution in [0.25, 0.3) is 0 Å². The van der Waals surface area contributed by atoms with Gasteiger partial charge in [-0.2, -0.15) is 0 Å². The van der Waals surface area contributed by atoms with Crippen molar-refractivity contribution in [3.05, 3.63) is 47.5 Å². The normalized spacial score (nSPS) is 15.0. The van der Waals surface area contributed by atoms with E-state index >= 15 is 0 Å². The van der Waals surface area contributed by atoms with Gasteiger partial charge in [0.2, 0.25) is 0 Å². The number of morpholine rings is 1. The topological polar surface area (TPSA) is 50.5 Å². The minimum Gasteiger partial charge on any atom is -0.399 e. The molecule has 0 bridgehead atoms. The Bertz CT molecular complexity index is 609. The number of anilines is 4. The van der Waals surface area contributed by atoms with Crippen LogP contribution in [0.4, 0.5) is 22.7 Å². The number of benzene rings is 2. The first kappa shape index (κ1) is 14.0. The summed E-state index contributed by atoms with van der Waals surface area (Å²) in [5.74, 6) is 0. The maximum absolute atomic E-state index is 6.17. The molecule has 0 aromatic heterocycles. The van der Waals surface area contributed by atoms with Crippen LogP contribution < -0.4 is 16.0 Å². The Morgan fingerprint density at radius 3 is 2.43 bits per heavy atom. The summed E-state index contributed by atoms with van der Waals surface area (Å²) in [6, 6.07) is 13.8. The highest BCUT2D eigenvalue weighted by Crippen LogP contribution is 2.28. The molecule has 2 aromatic carbocycles. The van der Waals surface area contributed by atoms with E-state index in [1.807, 2.05) is 12.1 Å². The fraction of sp³-hybridized carbons (Fsp3) is 0.250. The van der Waals surface area contributed by atoms with Crippen LogP contribution in [0.5, 0.6) is 0 Å². The number of hydrogen-bond donors (Lipinski definition) is 2. The molecule has 0 unspecified atom stereocenters. The lowest BCUT2D eigenvalue weighted by Gasteiger charge is -2.29. The minimum atomic E-state index is 0.618. The van der Waals surface area contributed by atoms with Crippen molar-refractivity contribution >= 4 is 34.4 Å². The molecule has 0 radical (unpaired) electrons. The summed E-state index contributed by atoms with van der Waals surface area (Å²) in [7, 11) is 0. The molecule has 0 saturated carbocycles. The second-order valence-electron chi connectivity index (χ2n) is 5.01. The third kappa shape index (κ3) is 3.40. The van der Waals surface area contributed by atoms with Gasteiger partial charge in [-0.3, -0.25) is 0 Å². The zero-order valence-electron chi connectivity index (χ0n) is 11.7. The first-order valence-corrected chi connectivity index (χ1v) is 7.35. The van der Waals surface area contributed by atoms with Crippen molar-refractivity contribution in [3.63, 3.8) is 0 Å². The number of nitrogens with two attached hydrogens (primary N) is 1. The number of nitrogens with zero attached hydrogens (tertiary/aromatic N) is 1. The number of nitrogens with one attached hydrogen (secondary N) is 1. The molecule has 0 atom stereocenters. The summed E-state index contributed by atoms with van der Waals surface area (Å²) in [4.78, 5) is 2.32. The highest BCUT2D eigenvalue weighted by Gasteiger charge is 2.10. The van der Waals surface area contributed by atoms with E-state index in [0.717, 1.165) is 37.7 Å². The van der Waals surface area contributed by atoms with E-state index in [-0.39, 0.29) is 0 Å². The largest absolute Gasteiger partial charge is 0.399 e. The van der Waals surface area contributed by atoms with Gasteiger partial charge in [0.25, 0.3) is 0 Å². The maximum atomic E-state index is 6.17. The van der Waals surface area contributed by atoms with Crippen molar-refractivity contribution in [1.82, 2.24) is 0 Å². The third-order valence-corrected chi connectivity index (χ3v) is 3.83. The van der Waals surface area contributed by atoms with Crippen molar-refractivity contribution < 1.29 is 4.74 Å². The van der Waals surface area contributed by atoms with Gasteiger partial charge < -0.3 is 20.7 Å². The van der Waals surface area contributed by atoms with Crippen LogP contribution >= 0.6 is 11.6 Å². The molecular formula is C16H18ClN3O. The second-order valence-corrected chi connectivity index (χ2v) is 5.42. The monoisotopic (exact) mass is 303 g/mol. The summed E-state index contributed by atoms with van der Waals surface area (Å²) < 4.78 is 5.37. The zero-order valence-corrected chi connectivity index (χ0v) is 12.4. The number of nitrogen functional groups attached to an aromatic ring is 1. The summed E-state index contributed by atoms with van der Waals surface area (Å²) in [5, 5.41) is 3.92. The van der Waals surface area contributed by atoms with Crippen LogP contribution in [-0.4, -0.2) is 26.3 Å². The van der Waals surface area contributed by atoms with Gasteiger partial charge in [-0.05, 0) is 42.5 Å². The molecule has 2 aromatic rings. The SMILES string of the molecule is Nc1ccc(Nc2ccc(N3CCOCC3)cc2)c(Cl)c1. The van der Waals surface area contributed by atoms with Crippen molar-refractivity contribution in [2.45, 2.75) is 0 Å². The Hall–Kier alpha value is -1.91. The Labute approximate surface area is 129 Å². The van der Waals surface area contributed by atoms with Gasteiger partial charge in [0.15, 0.2) is 0 Å². The summed E-state index contributed by atoms with van der Waals surface area (Å²) in [5.41, 5.74) is 9.42. The zero-order chi connectivity index (χ0) is 14.7. The van der Waals surface area contributed by atoms with Crippen LogP contribution in [0, 0.1) is 0 Å². The van der Waals surface area contributed by atoms with E-state index in [1.165, 1.54) is 5.69 Å². The van der Waals surface area contributed by atoms with Crippen molar-refractivity contribution in [1.29, 1.82) is 0 Å². The summed E-state index contributed by atoms with van der Waals surface area (Å²) >= 11 is 6.17.